The molecule has 0 bridgehead atoms. The van der Waals surface area contributed by atoms with Crippen LogP contribution in [0, 0.1) is 5.82 Å². The Morgan fingerprint density at radius 1 is 0.970 bits per heavy atom. The number of amides is 2. The number of anilines is 2. The summed E-state index contributed by atoms with van der Waals surface area (Å²) in [5, 5.41) is 5.89. The van der Waals surface area contributed by atoms with E-state index in [1.54, 1.807) is 0 Å². The van der Waals surface area contributed by atoms with Crippen LogP contribution in [0.4, 0.5) is 20.6 Å². The van der Waals surface area contributed by atoms with Crippen molar-refractivity contribution in [3.05, 3.63) is 89.2 Å². The maximum Gasteiger partial charge on any atom is 0.319 e. The standard InChI is InChI=1S/C24H25ClFN3O3S/c1-2-18-4-10-21(11-5-18)28-24(30)27-16-3-17-29(22-12-8-20(26)9-13-22)33(31,32)23-14-6-19(25)7-15-23/h4-15H,2-3,16-17H2,1H3,(H2,27,28,30). The van der Waals surface area contributed by atoms with Gasteiger partial charge in [0.05, 0.1) is 10.6 Å². The molecule has 0 radical (unpaired) electrons. The van der Waals surface area contributed by atoms with E-state index in [0.29, 0.717) is 22.8 Å². The SMILES string of the molecule is CCc1ccc(NC(=O)NCCCN(c2ccc(F)cc2)S(=O)(=O)c2ccc(Cl)cc2)cc1. The zero-order chi connectivity index (χ0) is 23.8. The van der Waals surface area contributed by atoms with Crippen molar-refractivity contribution >= 4 is 39.0 Å². The van der Waals surface area contributed by atoms with E-state index in [1.807, 2.05) is 24.3 Å². The van der Waals surface area contributed by atoms with E-state index < -0.39 is 15.8 Å². The molecule has 0 spiro atoms. The van der Waals surface area contributed by atoms with Gasteiger partial charge in [0.2, 0.25) is 0 Å². The van der Waals surface area contributed by atoms with Gasteiger partial charge in [-0.2, -0.15) is 0 Å². The highest BCUT2D eigenvalue weighted by Gasteiger charge is 2.24. The van der Waals surface area contributed by atoms with Gasteiger partial charge in [-0.3, -0.25) is 4.31 Å². The Labute approximate surface area is 198 Å². The second-order valence-corrected chi connectivity index (χ2v) is 9.59. The number of benzene rings is 3. The molecule has 2 N–H and O–H groups in total. The van der Waals surface area contributed by atoms with Crippen LogP contribution in [0.5, 0.6) is 0 Å². The van der Waals surface area contributed by atoms with Crippen LogP contribution in [0.15, 0.2) is 77.7 Å². The molecule has 0 unspecified atom stereocenters. The average molecular weight is 490 g/mol. The quantitative estimate of drug-likeness (QED) is 0.392. The maximum atomic E-state index is 13.4. The number of sulfonamides is 1. The van der Waals surface area contributed by atoms with Gasteiger partial charge in [0, 0.05) is 23.8 Å². The van der Waals surface area contributed by atoms with Crippen LogP contribution in [-0.4, -0.2) is 27.5 Å². The molecular weight excluding hydrogens is 465 g/mol. The zero-order valence-corrected chi connectivity index (χ0v) is 19.7. The molecular formula is C24H25ClFN3O3S. The van der Waals surface area contributed by atoms with Gasteiger partial charge in [0.25, 0.3) is 10.0 Å². The summed E-state index contributed by atoms with van der Waals surface area (Å²) in [7, 11) is -3.92. The summed E-state index contributed by atoms with van der Waals surface area (Å²) >= 11 is 5.88. The molecule has 0 aliphatic heterocycles. The minimum atomic E-state index is -3.92. The molecule has 0 saturated carbocycles. The maximum absolute atomic E-state index is 13.4. The number of rotatable bonds is 9. The first-order valence-electron chi connectivity index (χ1n) is 10.5. The van der Waals surface area contributed by atoms with Crippen LogP contribution in [0.1, 0.15) is 18.9 Å². The van der Waals surface area contributed by atoms with Crippen molar-refractivity contribution in [1.29, 1.82) is 0 Å². The van der Waals surface area contributed by atoms with E-state index in [2.05, 4.69) is 17.6 Å². The Morgan fingerprint density at radius 2 is 1.61 bits per heavy atom. The Balaban J connectivity index is 1.64. The molecule has 174 valence electrons. The number of carbonyl (C=O) groups is 1. The average Bonchev–Trinajstić information content (AvgIpc) is 2.80. The Bertz CT molecular complexity index is 1170. The molecule has 0 heterocycles. The van der Waals surface area contributed by atoms with Crippen molar-refractivity contribution in [3.63, 3.8) is 0 Å². The number of hydrogen-bond donors (Lipinski definition) is 2. The van der Waals surface area contributed by atoms with E-state index in [9.17, 15) is 17.6 Å². The molecule has 0 aromatic heterocycles. The predicted molar refractivity (Wildman–Crippen MR) is 130 cm³/mol. The van der Waals surface area contributed by atoms with Gasteiger partial charge in [0.15, 0.2) is 0 Å². The summed E-state index contributed by atoms with van der Waals surface area (Å²) in [5.41, 5.74) is 2.17. The molecule has 3 rings (SSSR count). The smallest absolute Gasteiger partial charge is 0.319 e. The van der Waals surface area contributed by atoms with Crippen molar-refractivity contribution in [2.45, 2.75) is 24.7 Å². The third-order valence-corrected chi connectivity index (χ3v) is 7.05. The lowest BCUT2D eigenvalue weighted by atomic mass is 10.1. The fourth-order valence-electron chi connectivity index (χ4n) is 3.15. The summed E-state index contributed by atoms with van der Waals surface area (Å²) in [6.07, 6.45) is 1.25. The van der Waals surface area contributed by atoms with Crippen LogP contribution >= 0.6 is 11.6 Å². The zero-order valence-electron chi connectivity index (χ0n) is 18.1. The van der Waals surface area contributed by atoms with Gasteiger partial charge < -0.3 is 10.6 Å². The monoisotopic (exact) mass is 489 g/mol. The van der Waals surface area contributed by atoms with Crippen LogP contribution in [0.3, 0.4) is 0 Å². The van der Waals surface area contributed by atoms with E-state index >= 15 is 0 Å². The highest BCUT2D eigenvalue weighted by molar-refractivity contribution is 7.92. The van der Waals surface area contributed by atoms with E-state index in [-0.39, 0.29) is 24.0 Å². The molecule has 2 amide bonds. The highest BCUT2D eigenvalue weighted by atomic mass is 35.5. The first kappa shape index (κ1) is 24.5. The molecule has 6 nitrogen and oxygen atoms in total. The van der Waals surface area contributed by atoms with E-state index in [4.69, 9.17) is 11.6 Å². The molecule has 0 aliphatic rings. The van der Waals surface area contributed by atoms with Crippen molar-refractivity contribution in [2.24, 2.45) is 0 Å². The van der Waals surface area contributed by atoms with Crippen LogP contribution < -0.4 is 14.9 Å². The Morgan fingerprint density at radius 3 is 2.21 bits per heavy atom. The largest absolute Gasteiger partial charge is 0.338 e. The third kappa shape index (κ3) is 6.69. The highest BCUT2D eigenvalue weighted by Crippen LogP contribution is 2.25. The van der Waals surface area contributed by atoms with Crippen LogP contribution in [0.2, 0.25) is 5.02 Å². The number of aryl methyl sites for hydroxylation is 1. The second-order valence-electron chi connectivity index (χ2n) is 7.29. The normalized spacial score (nSPS) is 11.1. The second kappa shape index (κ2) is 11.2. The van der Waals surface area contributed by atoms with E-state index in [1.165, 1.54) is 58.4 Å². The molecule has 3 aromatic carbocycles. The molecule has 0 saturated heterocycles. The number of urea groups is 1. The van der Waals surface area contributed by atoms with Gasteiger partial charge in [-0.05, 0) is 79.1 Å². The molecule has 9 heteroatoms. The third-order valence-electron chi connectivity index (χ3n) is 4.96. The number of hydrogen-bond acceptors (Lipinski definition) is 3. The van der Waals surface area contributed by atoms with Gasteiger partial charge in [-0.1, -0.05) is 30.7 Å². The van der Waals surface area contributed by atoms with Crippen LogP contribution in [-0.2, 0) is 16.4 Å². The minimum Gasteiger partial charge on any atom is -0.338 e. The summed E-state index contributed by atoms with van der Waals surface area (Å²) in [6.45, 7) is 2.38. The summed E-state index contributed by atoms with van der Waals surface area (Å²) in [5.74, 6) is -0.465. The lowest BCUT2D eigenvalue weighted by molar-refractivity contribution is 0.252. The molecule has 0 aliphatic carbocycles. The molecule has 3 aromatic rings. The van der Waals surface area contributed by atoms with Crippen molar-refractivity contribution in [2.75, 3.05) is 22.7 Å². The van der Waals surface area contributed by atoms with Gasteiger partial charge in [-0.15, -0.1) is 0 Å². The lowest BCUT2D eigenvalue weighted by Crippen LogP contribution is -2.35. The molecule has 0 fully saturated rings. The predicted octanol–water partition coefficient (Wildman–Crippen LogP) is 5.45. The summed E-state index contributed by atoms with van der Waals surface area (Å²) in [4.78, 5) is 12.2. The van der Waals surface area contributed by atoms with Crippen LogP contribution in [0.25, 0.3) is 0 Å². The fraction of sp³-hybridized carbons (Fsp3) is 0.208. The number of halogens is 2. The first-order chi connectivity index (χ1) is 15.8. The van der Waals surface area contributed by atoms with Crippen molar-refractivity contribution in [3.8, 4) is 0 Å². The molecule has 33 heavy (non-hydrogen) atoms. The number of nitrogens with zero attached hydrogens (tertiary/aromatic N) is 1. The van der Waals surface area contributed by atoms with Gasteiger partial charge in [-0.25, -0.2) is 17.6 Å². The van der Waals surface area contributed by atoms with Gasteiger partial charge >= 0.3 is 6.03 Å². The Hall–Kier alpha value is -3.10. The van der Waals surface area contributed by atoms with Crippen molar-refractivity contribution < 1.29 is 17.6 Å². The lowest BCUT2D eigenvalue weighted by Gasteiger charge is -2.24. The number of carbonyl (C=O) groups excluding carboxylic acids is 1. The number of nitrogens with one attached hydrogen (secondary N) is 2. The summed E-state index contributed by atoms with van der Waals surface area (Å²) in [6, 6.07) is 18.2. The van der Waals surface area contributed by atoms with Gasteiger partial charge in [0.1, 0.15) is 5.82 Å². The fourth-order valence-corrected chi connectivity index (χ4v) is 4.78. The Kier molecular flexibility index (Phi) is 8.30. The molecule has 0 atom stereocenters. The first-order valence-corrected chi connectivity index (χ1v) is 12.3. The minimum absolute atomic E-state index is 0.0671. The van der Waals surface area contributed by atoms with E-state index in [0.717, 1.165) is 6.42 Å². The summed E-state index contributed by atoms with van der Waals surface area (Å²) < 4.78 is 41.1. The van der Waals surface area contributed by atoms with Crippen molar-refractivity contribution in [1.82, 2.24) is 5.32 Å². The topological polar surface area (TPSA) is 78.5 Å².